The number of benzene rings is 1. The van der Waals surface area contributed by atoms with E-state index in [1.165, 1.54) is 0 Å². The molecule has 6 heteroatoms. The smallest absolute Gasteiger partial charge is 0.257 e. The van der Waals surface area contributed by atoms with Gasteiger partial charge in [-0.15, -0.1) is 0 Å². The van der Waals surface area contributed by atoms with Crippen LogP contribution in [-0.4, -0.2) is 37.9 Å². The van der Waals surface area contributed by atoms with Crippen LogP contribution in [0.5, 0.6) is 5.75 Å². The van der Waals surface area contributed by atoms with E-state index in [1.54, 1.807) is 25.3 Å². The van der Waals surface area contributed by atoms with Crippen LogP contribution in [0.2, 0.25) is 0 Å². The zero-order valence-corrected chi connectivity index (χ0v) is 12.4. The maximum absolute atomic E-state index is 11.5. The van der Waals surface area contributed by atoms with Gasteiger partial charge in [-0.2, -0.15) is 0 Å². The fourth-order valence-electron chi connectivity index (χ4n) is 1.47. The summed E-state index contributed by atoms with van der Waals surface area (Å²) in [6.07, 6.45) is 0.763. The number of carbonyl (C=O) groups is 1. The number of nitrogens with one attached hydrogen (secondary N) is 1. The number of aliphatic hydroxyl groups excluding tert-OH is 1. The van der Waals surface area contributed by atoms with Crippen molar-refractivity contribution in [2.75, 3.05) is 26.9 Å². The lowest BCUT2D eigenvalue weighted by Crippen LogP contribution is -2.30. The van der Waals surface area contributed by atoms with Gasteiger partial charge >= 0.3 is 0 Å². The molecule has 0 spiro atoms. The van der Waals surface area contributed by atoms with Crippen molar-refractivity contribution < 1.29 is 19.4 Å². The van der Waals surface area contributed by atoms with Crippen LogP contribution < -0.4 is 10.1 Å². The van der Waals surface area contributed by atoms with E-state index in [-0.39, 0.29) is 19.1 Å². The highest BCUT2D eigenvalue weighted by molar-refractivity contribution is 9.10. The van der Waals surface area contributed by atoms with Gasteiger partial charge in [0.2, 0.25) is 0 Å². The van der Waals surface area contributed by atoms with Crippen LogP contribution in [0.15, 0.2) is 22.7 Å². The molecule has 1 aromatic carbocycles. The predicted molar refractivity (Wildman–Crippen MR) is 75.1 cm³/mol. The average molecular weight is 332 g/mol. The van der Waals surface area contributed by atoms with Crippen molar-refractivity contribution in [3.8, 4) is 5.75 Å². The molecule has 0 heterocycles. The van der Waals surface area contributed by atoms with Gasteiger partial charge in [-0.05, 0) is 28.4 Å². The summed E-state index contributed by atoms with van der Waals surface area (Å²) in [6, 6.07) is 5.34. The van der Waals surface area contributed by atoms with Gasteiger partial charge in [0, 0.05) is 25.8 Å². The number of hydrogen-bond donors (Lipinski definition) is 2. The Morgan fingerprint density at radius 1 is 1.47 bits per heavy atom. The lowest BCUT2D eigenvalue weighted by Gasteiger charge is -2.12. The van der Waals surface area contributed by atoms with Crippen LogP contribution in [-0.2, 0) is 16.1 Å². The number of para-hydroxylation sites is 1. The molecule has 0 aliphatic carbocycles. The lowest BCUT2D eigenvalue weighted by molar-refractivity contribution is -0.123. The third kappa shape index (κ3) is 5.59. The first-order valence-electron chi connectivity index (χ1n) is 5.95. The first-order chi connectivity index (χ1) is 9.19. The minimum absolute atomic E-state index is 0.0808. The zero-order chi connectivity index (χ0) is 14.1. The van der Waals surface area contributed by atoms with E-state index in [0.29, 0.717) is 28.9 Å². The molecule has 0 aliphatic rings. The van der Waals surface area contributed by atoms with Crippen molar-refractivity contribution in [3.05, 3.63) is 28.2 Å². The summed E-state index contributed by atoms with van der Waals surface area (Å²) in [7, 11) is 1.62. The fourth-order valence-corrected chi connectivity index (χ4v) is 1.99. The van der Waals surface area contributed by atoms with Crippen molar-refractivity contribution in [2.24, 2.45) is 0 Å². The van der Waals surface area contributed by atoms with E-state index >= 15 is 0 Å². The number of carbonyl (C=O) groups excluding carboxylic acids is 1. The second-order valence-electron chi connectivity index (χ2n) is 3.87. The Labute approximate surface area is 121 Å². The van der Waals surface area contributed by atoms with Crippen molar-refractivity contribution in [1.82, 2.24) is 5.32 Å². The standard InChI is InChI=1S/C13H18BrNO4/c1-18-7-3-6-15-12(17)9-19-13-10(8-16)4-2-5-11(13)14/h2,4-5,16H,3,6-9H2,1H3,(H,15,17). The van der Waals surface area contributed by atoms with Crippen LogP contribution in [0, 0.1) is 0 Å². The molecule has 1 rings (SSSR count). The molecule has 0 unspecified atom stereocenters. The lowest BCUT2D eigenvalue weighted by atomic mass is 10.2. The Kier molecular flexibility index (Phi) is 7.47. The molecule has 19 heavy (non-hydrogen) atoms. The molecular weight excluding hydrogens is 314 g/mol. The fraction of sp³-hybridized carbons (Fsp3) is 0.462. The molecule has 1 amide bonds. The van der Waals surface area contributed by atoms with Gasteiger partial charge in [0.15, 0.2) is 6.61 Å². The number of rotatable bonds is 8. The minimum Gasteiger partial charge on any atom is -0.482 e. The third-order valence-corrected chi connectivity index (χ3v) is 3.04. The highest BCUT2D eigenvalue weighted by Crippen LogP contribution is 2.28. The van der Waals surface area contributed by atoms with Crippen LogP contribution in [0.1, 0.15) is 12.0 Å². The molecule has 0 bridgehead atoms. The Hall–Kier alpha value is -1.11. The van der Waals surface area contributed by atoms with E-state index in [2.05, 4.69) is 21.2 Å². The molecule has 0 saturated carbocycles. The van der Waals surface area contributed by atoms with E-state index in [0.717, 1.165) is 6.42 Å². The van der Waals surface area contributed by atoms with Crippen molar-refractivity contribution >= 4 is 21.8 Å². The number of ether oxygens (including phenoxy) is 2. The molecule has 1 aromatic rings. The molecule has 5 nitrogen and oxygen atoms in total. The Morgan fingerprint density at radius 3 is 2.95 bits per heavy atom. The summed E-state index contributed by atoms with van der Waals surface area (Å²) in [5, 5.41) is 11.9. The normalized spacial score (nSPS) is 10.3. The van der Waals surface area contributed by atoms with Gasteiger partial charge in [-0.3, -0.25) is 4.79 Å². The molecule has 106 valence electrons. The Balaban J connectivity index is 2.42. The van der Waals surface area contributed by atoms with Gasteiger partial charge in [0.1, 0.15) is 5.75 Å². The number of halogens is 1. The van der Waals surface area contributed by atoms with Crippen LogP contribution in [0.3, 0.4) is 0 Å². The second-order valence-corrected chi connectivity index (χ2v) is 4.73. The highest BCUT2D eigenvalue weighted by atomic mass is 79.9. The van der Waals surface area contributed by atoms with Crippen LogP contribution in [0.25, 0.3) is 0 Å². The summed E-state index contributed by atoms with van der Waals surface area (Å²) < 4.78 is 11.0. The van der Waals surface area contributed by atoms with E-state index < -0.39 is 0 Å². The van der Waals surface area contributed by atoms with Crippen LogP contribution >= 0.6 is 15.9 Å². The average Bonchev–Trinajstić information content (AvgIpc) is 2.42. The minimum atomic E-state index is -0.198. The van der Waals surface area contributed by atoms with Crippen molar-refractivity contribution in [3.63, 3.8) is 0 Å². The second kappa shape index (κ2) is 8.90. The molecule has 0 fully saturated rings. The Bertz CT molecular complexity index is 412. The SMILES string of the molecule is COCCCNC(=O)COc1c(Br)cccc1CO. The highest BCUT2D eigenvalue weighted by Gasteiger charge is 2.09. The molecule has 0 saturated heterocycles. The third-order valence-electron chi connectivity index (χ3n) is 2.41. The van der Waals surface area contributed by atoms with Gasteiger partial charge in [-0.25, -0.2) is 0 Å². The maximum Gasteiger partial charge on any atom is 0.257 e. The first-order valence-corrected chi connectivity index (χ1v) is 6.75. The number of amides is 1. The number of methoxy groups -OCH3 is 1. The molecule has 0 aromatic heterocycles. The van der Waals surface area contributed by atoms with Gasteiger partial charge in [-0.1, -0.05) is 12.1 Å². The number of aliphatic hydroxyl groups is 1. The van der Waals surface area contributed by atoms with E-state index in [1.807, 2.05) is 0 Å². The zero-order valence-electron chi connectivity index (χ0n) is 10.8. The largest absolute Gasteiger partial charge is 0.482 e. The summed E-state index contributed by atoms with van der Waals surface area (Å²) in [5.41, 5.74) is 0.640. The number of hydrogen-bond acceptors (Lipinski definition) is 4. The van der Waals surface area contributed by atoms with E-state index in [9.17, 15) is 9.90 Å². The summed E-state index contributed by atoms with van der Waals surface area (Å²) in [6.45, 7) is 0.950. The molecule has 0 atom stereocenters. The maximum atomic E-state index is 11.5. The predicted octanol–water partition coefficient (Wildman–Crippen LogP) is 1.47. The molecule has 0 aliphatic heterocycles. The summed E-state index contributed by atoms with van der Waals surface area (Å²) >= 11 is 3.33. The van der Waals surface area contributed by atoms with Crippen molar-refractivity contribution in [2.45, 2.75) is 13.0 Å². The molecular formula is C13H18BrNO4. The molecule has 2 N–H and O–H groups in total. The topological polar surface area (TPSA) is 67.8 Å². The van der Waals surface area contributed by atoms with Gasteiger partial charge < -0.3 is 19.9 Å². The summed E-state index contributed by atoms with van der Waals surface area (Å²) in [5.74, 6) is 0.299. The quantitative estimate of drug-likeness (QED) is 0.708. The van der Waals surface area contributed by atoms with Gasteiger partial charge in [0.05, 0.1) is 11.1 Å². The van der Waals surface area contributed by atoms with E-state index in [4.69, 9.17) is 9.47 Å². The monoisotopic (exact) mass is 331 g/mol. The first kappa shape index (κ1) is 15.9. The summed E-state index contributed by atoms with van der Waals surface area (Å²) in [4.78, 5) is 11.5. The molecule has 0 radical (unpaired) electrons. The van der Waals surface area contributed by atoms with Crippen LogP contribution in [0.4, 0.5) is 0 Å². The van der Waals surface area contributed by atoms with Crippen molar-refractivity contribution in [1.29, 1.82) is 0 Å². The van der Waals surface area contributed by atoms with Gasteiger partial charge in [0.25, 0.3) is 5.91 Å². The Morgan fingerprint density at radius 2 is 2.26 bits per heavy atom.